The number of hydrogen-bond donors (Lipinski definition) is 0. The van der Waals surface area contributed by atoms with Crippen molar-refractivity contribution < 1.29 is 9.59 Å². The molecule has 1 aromatic rings. The molecule has 0 fully saturated rings. The summed E-state index contributed by atoms with van der Waals surface area (Å²) in [6.45, 7) is 7.60. The molecule has 3 nitrogen and oxygen atoms in total. The Balaban J connectivity index is 2.13. The van der Waals surface area contributed by atoms with Gasteiger partial charge in [0.2, 0.25) is 0 Å². The second kappa shape index (κ2) is 5.51. The molecule has 0 bridgehead atoms. The van der Waals surface area contributed by atoms with Crippen molar-refractivity contribution in [3.05, 3.63) is 56.3 Å². The summed E-state index contributed by atoms with van der Waals surface area (Å²) in [5.41, 5.74) is 0.731. The monoisotopic (exact) mass is 357 g/mol. The number of nitrogens with zero attached hydrogens (tertiary/aromatic N) is 1. The second-order valence-electron chi connectivity index (χ2n) is 3.83. The molecule has 4 heteroatoms. The van der Waals surface area contributed by atoms with Crippen LogP contribution in [0.15, 0.2) is 52.7 Å². The Labute approximate surface area is 116 Å². The Hall–Kier alpha value is -1.37. The average Bonchev–Trinajstić information content (AvgIpc) is 2.94. The number of hydrogen-bond acceptors (Lipinski definition) is 2. The molecule has 2 rings (SSSR count). The van der Waals surface area contributed by atoms with Crippen LogP contribution in [0.3, 0.4) is 0 Å². The van der Waals surface area contributed by atoms with Gasteiger partial charge in [0.15, 0.2) is 0 Å². The predicted molar refractivity (Wildman–Crippen MR) is 71.2 cm³/mol. The first-order valence-corrected chi connectivity index (χ1v) is 8.07. The summed E-state index contributed by atoms with van der Waals surface area (Å²) >= 11 is -0.198. The van der Waals surface area contributed by atoms with Crippen LogP contribution in [-0.2, 0) is 16.0 Å². The summed E-state index contributed by atoms with van der Waals surface area (Å²) < 4.78 is 3.56. The number of carbonyl (C=O) groups is 2. The van der Waals surface area contributed by atoms with E-state index in [-0.39, 0.29) is 32.2 Å². The van der Waals surface area contributed by atoms with Crippen LogP contribution in [0.1, 0.15) is 3.58 Å². The summed E-state index contributed by atoms with van der Waals surface area (Å²) in [4.78, 5) is 25.3. The Kier molecular flexibility index (Phi) is 4.00. The SMILES string of the molecule is C=CC1=C(C=C)C(=O)N(CCc2ccc[te]2)C1=O. The van der Waals surface area contributed by atoms with E-state index in [0.717, 1.165) is 6.42 Å². The van der Waals surface area contributed by atoms with Gasteiger partial charge in [0.1, 0.15) is 0 Å². The van der Waals surface area contributed by atoms with Crippen LogP contribution in [0.5, 0.6) is 0 Å². The number of imide groups is 1. The minimum absolute atomic E-state index is 0.198. The van der Waals surface area contributed by atoms with Crippen LogP contribution in [0.2, 0.25) is 0 Å². The molecule has 2 amide bonds. The van der Waals surface area contributed by atoms with Gasteiger partial charge in [-0.05, 0) is 0 Å². The second-order valence-corrected chi connectivity index (χ2v) is 6.77. The van der Waals surface area contributed by atoms with Gasteiger partial charge in [-0.25, -0.2) is 0 Å². The Morgan fingerprint density at radius 1 is 1.17 bits per heavy atom. The van der Waals surface area contributed by atoms with Gasteiger partial charge in [0.25, 0.3) is 0 Å². The van der Waals surface area contributed by atoms with Gasteiger partial charge in [-0.3, -0.25) is 0 Å². The Morgan fingerprint density at radius 2 is 1.78 bits per heavy atom. The molecular weight excluding hydrogens is 342 g/mol. The zero-order chi connectivity index (χ0) is 13.1. The molecule has 0 atom stereocenters. The number of amides is 2. The molecule has 0 unspecified atom stereocenters. The van der Waals surface area contributed by atoms with Crippen LogP contribution >= 0.6 is 0 Å². The van der Waals surface area contributed by atoms with Crippen molar-refractivity contribution in [3.63, 3.8) is 0 Å². The topological polar surface area (TPSA) is 37.4 Å². The molecule has 0 radical (unpaired) electrons. The molecule has 0 saturated carbocycles. The van der Waals surface area contributed by atoms with E-state index in [4.69, 9.17) is 0 Å². The van der Waals surface area contributed by atoms with Crippen LogP contribution < -0.4 is 0 Å². The van der Waals surface area contributed by atoms with E-state index in [2.05, 4.69) is 23.3 Å². The first-order chi connectivity index (χ1) is 8.69. The van der Waals surface area contributed by atoms with E-state index in [1.165, 1.54) is 20.6 Å². The van der Waals surface area contributed by atoms with Crippen molar-refractivity contribution in [1.82, 2.24) is 4.90 Å². The van der Waals surface area contributed by atoms with Gasteiger partial charge in [-0.15, -0.1) is 0 Å². The van der Waals surface area contributed by atoms with Crippen molar-refractivity contribution in [2.45, 2.75) is 6.42 Å². The Morgan fingerprint density at radius 3 is 2.22 bits per heavy atom. The molecule has 0 saturated heterocycles. The van der Waals surface area contributed by atoms with Crippen LogP contribution in [-0.4, -0.2) is 43.7 Å². The summed E-state index contributed by atoms with van der Waals surface area (Å²) in [6, 6.07) is 4.14. The van der Waals surface area contributed by atoms with E-state index in [9.17, 15) is 9.59 Å². The summed E-state index contributed by atoms with van der Waals surface area (Å²) in [6.07, 6.45) is 3.64. The average molecular weight is 355 g/mol. The molecular formula is C14H13NO2Te. The molecule has 1 aliphatic heterocycles. The van der Waals surface area contributed by atoms with Crippen molar-refractivity contribution >= 4 is 32.2 Å². The zero-order valence-corrected chi connectivity index (χ0v) is 12.2. The third kappa shape index (κ3) is 2.27. The molecule has 2 heterocycles. The number of rotatable bonds is 5. The Bertz CT molecular complexity index is 510. The fourth-order valence-electron chi connectivity index (χ4n) is 1.89. The van der Waals surface area contributed by atoms with Crippen LogP contribution in [0, 0.1) is 0 Å². The van der Waals surface area contributed by atoms with Gasteiger partial charge in [-0.2, -0.15) is 0 Å². The first-order valence-electron chi connectivity index (χ1n) is 5.56. The minimum atomic E-state index is -0.253. The van der Waals surface area contributed by atoms with Gasteiger partial charge >= 0.3 is 116 Å². The molecule has 0 spiro atoms. The van der Waals surface area contributed by atoms with Crippen molar-refractivity contribution in [1.29, 1.82) is 0 Å². The van der Waals surface area contributed by atoms with Crippen molar-refractivity contribution in [2.75, 3.05) is 6.54 Å². The maximum atomic E-state index is 12.0. The van der Waals surface area contributed by atoms with E-state index < -0.39 is 0 Å². The van der Waals surface area contributed by atoms with Crippen molar-refractivity contribution in [3.8, 4) is 0 Å². The summed E-state index contributed by atoms with van der Waals surface area (Å²) in [5, 5.41) is 0. The molecule has 0 aromatic carbocycles. The predicted octanol–water partition coefficient (Wildman–Crippen LogP) is 1.32. The quantitative estimate of drug-likeness (QED) is 0.591. The van der Waals surface area contributed by atoms with Crippen LogP contribution in [0.25, 0.3) is 0 Å². The first kappa shape index (κ1) is 13.1. The third-order valence-corrected chi connectivity index (χ3v) is 5.48. The normalized spacial score (nSPS) is 15.4. The van der Waals surface area contributed by atoms with Crippen molar-refractivity contribution in [2.24, 2.45) is 0 Å². The van der Waals surface area contributed by atoms with E-state index in [1.54, 1.807) is 0 Å². The van der Waals surface area contributed by atoms with E-state index in [1.807, 2.05) is 6.07 Å². The van der Waals surface area contributed by atoms with Gasteiger partial charge in [0, 0.05) is 0 Å². The van der Waals surface area contributed by atoms with Gasteiger partial charge in [0.05, 0.1) is 0 Å². The fourth-order valence-corrected chi connectivity index (χ4v) is 3.88. The molecule has 1 aromatic heterocycles. The van der Waals surface area contributed by atoms with Crippen LogP contribution in [0.4, 0.5) is 0 Å². The standard InChI is InChI=1S/C14H13NO2Te/c1-3-11-12(4-2)14(17)15(13(11)16)8-7-10-6-5-9-18-10/h3-6,9H,1-2,7-8H2. The fraction of sp³-hybridized carbons (Fsp3) is 0.143. The van der Waals surface area contributed by atoms with E-state index >= 15 is 0 Å². The van der Waals surface area contributed by atoms with Gasteiger partial charge in [-0.1, -0.05) is 0 Å². The molecule has 18 heavy (non-hydrogen) atoms. The molecule has 0 N–H and O–H groups in total. The van der Waals surface area contributed by atoms with Gasteiger partial charge < -0.3 is 0 Å². The third-order valence-electron chi connectivity index (χ3n) is 2.81. The summed E-state index contributed by atoms with van der Waals surface area (Å²) in [7, 11) is 0. The molecule has 1 aliphatic rings. The maximum absolute atomic E-state index is 12.0. The molecule has 0 aliphatic carbocycles. The van der Waals surface area contributed by atoms with E-state index in [0.29, 0.717) is 17.7 Å². The summed E-state index contributed by atoms with van der Waals surface area (Å²) in [5.74, 6) is -0.505. The number of carbonyl (C=O) groups excluding carboxylic acids is 2. The molecule has 92 valence electrons. The zero-order valence-electron chi connectivity index (χ0n) is 9.89.